The Morgan fingerprint density at radius 3 is 2.00 bits per heavy atom. The maximum atomic E-state index is 12.4. The van der Waals surface area contributed by atoms with Crippen molar-refractivity contribution in [2.24, 2.45) is 0 Å². The summed E-state index contributed by atoms with van der Waals surface area (Å²) in [6, 6.07) is 12.6. The fourth-order valence-electron chi connectivity index (χ4n) is 2.03. The summed E-state index contributed by atoms with van der Waals surface area (Å²) in [5.41, 5.74) is 2.05. The van der Waals surface area contributed by atoms with E-state index < -0.39 is 10.5 Å². The molecule has 24 heavy (non-hydrogen) atoms. The van der Waals surface area contributed by atoms with Crippen LogP contribution in [0, 0.1) is 0 Å². The molecule has 0 aliphatic heterocycles. The first-order valence-electron chi connectivity index (χ1n) is 7.21. The predicted molar refractivity (Wildman–Crippen MR) is 90.2 cm³/mol. The van der Waals surface area contributed by atoms with E-state index in [2.05, 4.69) is 30.3 Å². The highest BCUT2D eigenvalue weighted by molar-refractivity contribution is 7.81. The highest BCUT2D eigenvalue weighted by Crippen LogP contribution is 2.23. The number of halogens is 1. The lowest BCUT2D eigenvalue weighted by Crippen LogP contribution is -2.14. The van der Waals surface area contributed by atoms with Crippen molar-refractivity contribution in [3.8, 4) is 5.75 Å². The smallest absolute Gasteiger partial charge is 0.358 e. The lowest BCUT2D eigenvalue weighted by Gasteiger charge is -2.19. The topological polar surface area (TPSA) is 72.5 Å². The maximum absolute atomic E-state index is 12.4. The molecule has 1 amide bonds. The van der Waals surface area contributed by atoms with E-state index in [0.717, 1.165) is 5.56 Å². The van der Waals surface area contributed by atoms with E-state index in [1.165, 1.54) is 24.3 Å². The summed E-state index contributed by atoms with van der Waals surface area (Å²) < 4.78 is 37.3. The van der Waals surface area contributed by atoms with E-state index in [9.17, 15) is 17.1 Å². The highest BCUT2D eigenvalue weighted by atomic mass is 32.3. The average molecular weight is 351 g/mol. The van der Waals surface area contributed by atoms with Gasteiger partial charge in [-0.3, -0.25) is 4.79 Å². The molecule has 128 valence electrons. The number of carbonyl (C=O) groups is 1. The van der Waals surface area contributed by atoms with E-state index in [1.807, 2.05) is 12.1 Å². The van der Waals surface area contributed by atoms with Crippen LogP contribution in [0.5, 0.6) is 5.75 Å². The molecule has 0 heterocycles. The number of hydrogen-bond acceptors (Lipinski definition) is 4. The first-order valence-corrected chi connectivity index (χ1v) is 8.51. The molecular weight excluding hydrogens is 333 g/mol. The largest absolute Gasteiger partial charge is 0.488 e. The second-order valence-corrected chi connectivity index (χ2v) is 7.24. The van der Waals surface area contributed by atoms with E-state index >= 15 is 0 Å². The Morgan fingerprint density at radius 1 is 1.00 bits per heavy atom. The van der Waals surface area contributed by atoms with Gasteiger partial charge < -0.3 is 9.50 Å². The molecule has 0 saturated heterocycles. The van der Waals surface area contributed by atoms with Crippen molar-refractivity contribution in [3.63, 3.8) is 0 Å². The van der Waals surface area contributed by atoms with Crippen molar-refractivity contribution >= 4 is 22.1 Å². The molecule has 0 saturated carbocycles. The Kier molecular flexibility index (Phi) is 4.94. The van der Waals surface area contributed by atoms with Crippen molar-refractivity contribution in [1.82, 2.24) is 0 Å². The SMILES string of the molecule is CC(C)(C)c1ccc(C(=O)Nc2ccc(OS(=O)(=O)F)cc2)cc1. The van der Waals surface area contributed by atoms with Gasteiger partial charge in [-0.25, -0.2) is 0 Å². The van der Waals surface area contributed by atoms with Crippen molar-refractivity contribution in [2.75, 3.05) is 5.32 Å². The van der Waals surface area contributed by atoms with E-state index in [-0.39, 0.29) is 17.1 Å². The molecule has 2 aromatic carbocycles. The lowest BCUT2D eigenvalue weighted by molar-refractivity contribution is 0.102. The van der Waals surface area contributed by atoms with Gasteiger partial charge in [0.2, 0.25) is 0 Å². The maximum Gasteiger partial charge on any atom is 0.488 e. The van der Waals surface area contributed by atoms with Crippen LogP contribution in [0.1, 0.15) is 36.7 Å². The molecule has 0 bridgehead atoms. The molecule has 0 fully saturated rings. The van der Waals surface area contributed by atoms with Gasteiger partial charge in [-0.1, -0.05) is 36.8 Å². The minimum Gasteiger partial charge on any atom is -0.358 e. The van der Waals surface area contributed by atoms with Gasteiger partial charge in [0.05, 0.1) is 0 Å². The zero-order valence-corrected chi connectivity index (χ0v) is 14.4. The van der Waals surface area contributed by atoms with Gasteiger partial charge in [0.15, 0.2) is 0 Å². The minimum atomic E-state index is -5.06. The van der Waals surface area contributed by atoms with E-state index in [0.29, 0.717) is 11.3 Å². The van der Waals surface area contributed by atoms with Crippen LogP contribution in [0.25, 0.3) is 0 Å². The summed E-state index contributed by atoms with van der Waals surface area (Å²) in [5, 5.41) is 2.67. The third-order valence-corrected chi connectivity index (χ3v) is 3.71. The molecule has 2 aromatic rings. The van der Waals surface area contributed by atoms with Crippen LogP contribution in [0.2, 0.25) is 0 Å². The van der Waals surface area contributed by atoms with Crippen LogP contribution in [-0.4, -0.2) is 14.3 Å². The summed E-state index contributed by atoms with van der Waals surface area (Å²) in [5.74, 6) is -0.479. The number of hydrogen-bond donors (Lipinski definition) is 1. The first-order chi connectivity index (χ1) is 11.0. The quantitative estimate of drug-likeness (QED) is 0.850. The van der Waals surface area contributed by atoms with Crippen molar-refractivity contribution in [1.29, 1.82) is 0 Å². The van der Waals surface area contributed by atoms with Gasteiger partial charge in [-0.15, -0.1) is 0 Å². The number of rotatable bonds is 4. The number of amides is 1. The molecule has 0 aromatic heterocycles. The van der Waals surface area contributed by atoms with Crippen LogP contribution >= 0.6 is 0 Å². The molecule has 0 atom stereocenters. The fourth-order valence-corrected chi connectivity index (χ4v) is 2.37. The number of anilines is 1. The van der Waals surface area contributed by atoms with Crippen LogP contribution < -0.4 is 9.50 Å². The summed E-state index contributed by atoms with van der Waals surface area (Å²) in [7, 11) is -5.06. The molecule has 0 unspecified atom stereocenters. The van der Waals surface area contributed by atoms with Gasteiger partial charge >= 0.3 is 10.5 Å². The fraction of sp³-hybridized carbons (Fsp3) is 0.235. The first kappa shape index (κ1) is 17.9. The Balaban J connectivity index is 2.07. The third kappa shape index (κ3) is 5.06. The standard InChI is InChI=1S/C17H18FNO4S/c1-17(2,3)13-6-4-12(5-7-13)16(20)19-14-8-10-15(11-9-14)23-24(18,21)22/h4-11H,1-3H3,(H,19,20). The van der Waals surface area contributed by atoms with Crippen molar-refractivity contribution in [2.45, 2.75) is 26.2 Å². The van der Waals surface area contributed by atoms with Gasteiger partial charge in [-0.05, 0) is 47.4 Å². The monoisotopic (exact) mass is 351 g/mol. The molecule has 0 spiro atoms. The molecule has 1 N–H and O–H groups in total. The number of benzene rings is 2. The normalized spacial score (nSPS) is 11.8. The van der Waals surface area contributed by atoms with Crippen LogP contribution in [0.3, 0.4) is 0 Å². The van der Waals surface area contributed by atoms with Crippen LogP contribution in [0.4, 0.5) is 9.57 Å². The number of nitrogens with one attached hydrogen (secondary N) is 1. The molecule has 0 aliphatic rings. The molecule has 7 heteroatoms. The second kappa shape index (κ2) is 6.60. The molecule has 0 radical (unpaired) electrons. The lowest BCUT2D eigenvalue weighted by atomic mass is 9.87. The third-order valence-electron chi connectivity index (χ3n) is 3.32. The minimum absolute atomic E-state index is 0.00158. The summed E-state index contributed by atoms with van der Waals surface area (Å²) in [6.07, 6.45) is 0. The van der Waals surface area contributed by atoms with Crippen molar-refractivity contribution in [3.05, 3.63) is 59.7 Å². The summed E-state index contributed by atoms with van der Waals surface area (Å²) in [4.78, 5) is 12.2. The zero-order valence-electron chi connectivity index (χ0n) is 13.5. The summed E-state index contributed by atoms with van der Waals surface area (Å²) >= 11 is 0. The molecule has 2 rings (SSSR count). The average Bonchev–Trinajstić information content (AvgIpc) is 2.47. The van der Waals surface area contributed by atoms with Crippen LogP contribution in [-0.2, 0) is 15.9 Å². The molecule has 0 aliphatic carbocycles. The van der Waals surface area contributed by atoms with Gasteiger partial charge in [0, 0.05) is 11.3 Å². The Hall–Kier alpha value is -2.41. The van der Waals surface area contributed by atoms with E-state index in [4.69, 9.17) is 0 Å². The zero-order chi connectivity index (χ0) is 18.0. The predicted octanol–water partition coefficient (Wildman–Crippen LogP) is 3.83. The molecular formula is C17H18FNO4S. The van der Waals surface area contributed by atoms with Crippen LogP contribution in [0.15, 0.2) is 48.5 Å². The Bertz CT molecular complexity index is 822. The Labute approximate surface area is 140 Å². The summed E-state index contributed by atoms with van der Waals surface area (Å²) in [6.45, 7) is 6.26. The highest BCUT2D eigenvalue weighted by Gasteiger charge is 2.14. The van der Waals surface area contributed by atoms with Gasteiger partial charge in [0.25, 0.3) is 5.91 Å². The van der Waals surface area contributed by atoms with E-state index in [1.54, 1.807) is 12.1 Å². The van der Waals surface area contributed by atoms with Gasteiger partial charge in [-0.2, -0.15) is 8.42 Å². The second-order valence-electron chi connectivity index (χ2n) is 6.28. The Morgan fingerprint density at radius 2 is 1.54 bits per heavy atom. The number of carbonyl (C=O) groups excluding carboxylic acids is 1. The van der Waals surface area contributed by atoms with Gasteiger partial charge in [0.1, 0.15) is 5.75 Å². The molecule has 5 nitrogen and oxygen atoms in total. The van der Waals surface area contributed by atoms with Crippen molar-refractivity contribution < 1.29 is 21.3 Å².